The highest BCUT2D eigenvalue weighted by molar-refractivity contribution is 5.91. The molecule has 0 bridgehead atoms. The molecule has 1 amide bonds. The molecule has 0 aliphatic carbocycles. The van der Waals surface area contributed by atoms with Gasteiger partial charge in [-0.15, -0.1) is 6.58 Å². The van der Waals surface area contributed by atoms with E-state index in [4.69, 9.17) is 9.15 Å². The Morgan fingerprint density at radius 3 is 2.82 bits per heavy atom. The van der Waals surface area contributed by atoms with Crippen molar-refractivity contribution in [3.8, 4) is 5.95 Å². The van der Waals surface area contributed by atoms with E-state index in [0.717, 1.165) is 45.3 Å². The molecular formula is C17H26N2O3. The van der Waals surface area contributed by atoms with E-state index in [0.29, 0.717) is 11.7 Å². The van der Waals surface area contributed by atoms with E-state index in [1.807, 2.05) is 25.1 Å². The molecule has 5 heteroatoms. The lowest BCUT2D eigenvalue weighted by atomic mass is 10.2. The zero-order chi connectivity index (χ0) is 15.9. The fourth-order valence-electron chi connectivity index (χ4n) is 2.64. The van der Waals surface area contributed by atoms with Gasteiger partial charge in [-0.1, -0.05) is 6.08 Å². The van der Waals surface area contributed by atoms with Crippen LogP contribution in [0.15, 0.2) is 29.2 Å². The van der Waals surface area contributed by atoms with Crippen molar-refractivity contribution < 1.29 is 13.9 Å². The van der Waals surface area contributed by atoms with E-state index < -0.39 is 0 Å². The Morgan fingerprint density at radius 2 is 2.18 bits per heavy atom. The van der Waals surface area contributed by atoms with E-state index in [2.05, 4.69) is 11.5 Å². The minimum absolute atomic E-state index is 0.0221. The quantitative estimate of drug-likeness (QED) is 0.693. The molecule has 0 unspecified atom stereocenters. The summed E-state index contributed by atoms with van der Waals surface area (Å²) < 4.78 is 11.5. The number of amides is 1. The van der Waals surface area contributed by atoms with Gasteiger partial charge < -0.3 is 19.0 Å². The number of furan rings is 1. The second kappa shape index (κ2) is 8.03. The minimum Gasteiger partial charge on any atom is -0.460 e. The van der Waals surface area contributed by atoms with Gasteiger partial charge in [0.15, 0.2) is 5.76 Å². The van der Waals surface area contributed by atoms with Crippen molar-refractivity contribution in [1.82, 2.24) is 9.80 Å². The topological polar surface area (TPSA) is 45.9 Å². The number of hydrogen-bond acceptors (Lipinski definition) is 4. The van der Waals surface area contributed by atoms with Crippen LogP contribution in [-0.2, 0) is 0 Å². The van der Waals surface area contributed by atoms with Gasteiger partial charge >= 0.3 is 0 Å². The molecule has 5 nitrogen and oxygen atoms in total. The zero-order valence-electron chi connectivity index (χ0n) is 13.6. The van der Waals surface area contributed by atoms with Gasteiger partial charge in [-0.05, 0) is 45.8 Å². The lowest BCUT2D eigenvalue weighted by Gasteiger charge is -2.20. The third-order valence-electron chi connectivity index (χ3n) is 3.73. The number of rotatable bonds is 8. The first-order valence-corrected chi connectivity index (χ1v) is 7.91. The van der Waals surface area contributed by atoms with Crippen molar-refractivity contribution in [2.75, 3.05) is 33.7 Å². The van der Waals surface area contributed by atoms with E-state index in [-0.39, 0.29) is 12.0 Å². The Morgan fingerprint density at radius 1 is 1.45 bits per heavy atom. The van der Waals surface area contributed by atoms with E-state index >= 15 is 0 Å². The summed E-state index contributed by atoms with van der Waals surface area (Å²) in [6, 6.07) is 3.44. The lowest BCUT2D eigenvalue weighted by molar-refractivity contribution is 0.0734. The molecule has 1 aliphatic rings. The first-order chi connectivity index (χ1) is 10.6. The normalized spacial score (nSPS) is 16.0. The Hall–Kier alpha value is -1.75. The highest BCUT2D eigenvalue weighted by atomic mass is 16.6. The van der Waals surface area contributed by atoms with Gasteiger partial charge in [0.25, 0.3) is 11.9 Å². The van der Waals surface area contributed by atoms with Crippen molar-refractivity contribution in [3.63, 3.8) is 0 Å². The van der Waals surface area contributed by atoms with Gasteiger partial charge in [0.1, 0.15) is 6.10 Å². The maximum Gasteiger partial charge on any atom is 0.289 e. The molecule has 1 atom stereocenters. The van der Waals surface area contributed by atoms with Gasteiger partial charge in [-0.3, -0.25) is 4.79 Å². The van der Waals surface area contributed by atoms with Gasteiger partial charge in [0, 0.05) is 25.7 Å². The predicted octanol–water partition coefficient (Wildman–Crippen LogP) is 2.79. The van der Waals surface area contributed by atoms with Crippen molar-refractivity contribution in [3.05, 3.63) is 30.5 Å². The van der Waals surface area contributed by atoms with Crippen LogP contribution in [0.4, 0.5) is 0 Å². The average molecular weight is 306 g/mol. The van der Waals surface area contributed by atoms with Gasteiger partial charge in [0.2, 0.25) is 0 Å². The molecule has 1 aromatic heterocycles. The number of nitrogens with zero attached hydrogens (tertiary/aromatic N) is 2. The fraction of sp³-hybridized carbons (Fsp3) is 0.588. The second-order valence-electron chi connectivity index (χ2n) is 5.99. The molecule has 0 N–H and O–H groups in total. The highest BCUT2D eigenvalue weighted by Gasteiger charge is 2.23. The number of allylic oxidation sites excluding steroid dienone is 1. The van der Waals surface area contributed by atoms with Crippen LogP contribution in [0.5, 0.6) is 5.95 Å². The van der Waals surface area contributed by atoms with Crippen LogP contribution >= 0.6 is 0 Å². The summed E-state index contributed by atoms with van der Waals surface area (Å²) in [6.45, 7) is 6.18. The molecule has 0 saturated carbocycles. The zero-order valence-corrected chi connectivity index (χ0v) is 13.6. The Balaban J connectivity index is 1.96. The minimum atomic E-state index is -0.0393. The molecule has 0 aromatic carbocycles. The van der Waals surface area contributed by atoms with Crippen LogP contribution in [0.25, 0.3) is 0 Å². The average Bonchev–Trinajstić information content (AvgIpc) is 3.15. The summed E-state index contributed by atoms with van der Waals surface area (Å²) in [4.78, 5) is 16.2. The number of hydrogen-bond donors (Lipinski definition) is 0. The molecule has 1 saturated heterocycles. The van der Waals surface area contributed by atoms with E-state index in [1.54, 1.807) is 12.1 Å². The third-order valence-corrected chi connectivity index (χ3v) is 3.73. The molecule has 1 aromatic rings. The second-order valence-corrected chi connectivity index (χ2v) is 5.99. The summed E-state index contributed by atoms with van der Waals surface area (Å²) in [5.74, 6) is 0.741. The highest BCUT2D eigenvalue weighted by Crippen LogP contribution is 2.21. The molecule has 0 spiro atoms. The Bertz CT molecular complexity index is 490. The smallest absolute Gasteiger partial charge is 0.289 e. The Kier molecular flexibility index (Phi) is 6.07. The van der Waals surface area contributed by atoms with Crippen LogP contribution in [-0.4, -0.2) is 55.5 Å². The maximum absolute atomic E-state index is 12.3. The summed E-state index contributed by atoms with van der Waals surface area (Å²) in [7, 11) is 4.02. The molecular weight excluding hydrogens is 280 g/mol. The molecule has 22 heavy (non-hydrogen) atoms. The largest absolute Gasteiger partial charge is 0.460 e. The first-order valence-electron chi connectivity index (χ1n) is 7.91. The van der Waals surface area contributed by atoms with Crippen molar-refractivity contribution in [2.45, 2.75) is 31.8 Å². The molecule has 0 radical (unpaired) electrons. The van der Waals surface area contributed by atoms with Gasteiger partial charge in [0.05, 0.1) is 0 Å². The van der Waals surface area contributed by atoms with Crippen LogP contribution in [0, 0.1) is 0 Å². The van der Waals surface area contributed by atoms with Crippen LogP contribution < -0.4 is 4.74 Å². The third kappa shape index (κ3) is 4.63. The van der Waals surface area contributed by atoms with Crippen molar-refractivity contribution in [1.29, 1.82) is 0 Å². The standard InChI is InChI=1S/C17H26N2O3/c1-4-5-8-14(13-18(2)3)21-16-10-9-15(22-16)17(20)19-11-6-7-12-19/h4,9-10,14H,1,5-8,11-13H2,2-3H3/t14-/m1/s1. The first kappa shape index (κ1) is 16.6. The number of carbonyl (C=O) groups is 1. The fourth-order valence-corrected chi connectivity index (χ4v) is 2.64. The molecule has 1 aliphatic heterocycles. The monoisotopic (exact) mass is 306 g/mol. The van der Waals surface area contributed by atoms with Crippen LogP contribution in [0.3, 0.4) is 0 Å². The van der Waals surface area contributed by atoms with Gasteiger partial charge in [-0.25, -0.2) is 0 Å². The summed E-state index contributed by atoms with van der Waals surface area (Å²) in [5.41, 5.74) is 0. The molecule has 2 rings (SSSR count). The van der Waals surface area contributed by atoms with Crippen LogP contribution in [0.2, 0.25) is 0 Å². The number of ether oxygens (including phenoxy) is 1. The van der Waals surface area contributed by atoms with Gasteiger partial charge in [-0.2, -0.15) is 0 Å². The number of likely N-dealkylation sites (N-methyl/N-ethyl adjacent to an activating group) is 1. The molecule has 2 heterocycles. The SMILES string of the molecule is C=CCC[C@H](CN(C)C)Oc1ccc(C(=O)N2CCCC2)o1. The van der Waals surface area contributed by atoms with Crippen LogP contribution in [0.1, 0.15) is 36.2 Å². The van der Waals surface area contributed by atoms with Crippen molar-refractivity contribution >= 4 is 5.91 Å². The lowest BCUT2D eigenvalue weighted by Crippen LogP contribution is -2.30. The number of carbonyl (C=O) groups excluding carboxylic acids is 1. The summed E-state index contributed by atoms with van der Waals surface area (Å²) in [5, 5.41) is 0. The molecule has 122 valence electrons. The number of likely N-dealkylation sites (tertiary alicyclic amines) is 1. The summed E-state index contributed by atoms with van der Waals surface area (Å²) in [6.07, 6.45) is 5.81. The predicted molar refractivity (Wildman–Crippen MR) is 86.2 cm³/mol. The Labute approximate surface area is 132 Å². The van der Waals surface area contributed by atoms with Crippen molar-refractivity contribution in [2.24, 2.45) is 0 Å². The van der Waals surface area contributed by atoms with E-state index in [9.17, 15) is 4.79 Å². The maximum atomic E-state index is 12.3. The molecule has 1 fully saturated rings. The van der Waals surface area contributed by atoms with E-state index in [1.165, 1.54) is 0 Å². The summed E-state index contributed by atoms with van der Waals surface area (Å²) >= 11 is 0.